The number of ketones is 1. The molecule has 0 heterocycles. The van der Waals surface area contributed by atoms with Crippen LogP contribution in [-0.2, 0) is 19.2 Å². The number of halogens is 2. The lowest BCUT2D eigenvalue weighted by atomic mass is 9.80. The van der Waals surface area contributed by atoms with Gasteiger partial charge in [0, 0.05) is 51.2 Å². The Balaban J connectivity index is 0.000000770. The van der Waals surface area contributed by atoms with Crippen LogP contribution in [0.5, 0.6) is 0 Å². The summed E-state index contributed by atoms with van der Waals surface area (Å²) < 4.78 is 25.0. The fourth-order valence-corrected chi connectivity index (χ4v) is 6.97. The first-order valence-electron chi connectivity index (χ1n) is 21.5. The zero-order valence-electron chi connectivity index (χ0n) is 35.4. The number of likely N-dealkylation sites (N-methyl/N-ethyl adjacent to an activating group) is 1. The maximum absolute atomic E-state index is 12.5. The van der Waals surface area contributed by atoms with E-state index in [1.165, 1.54) is 69.6 Å². The fraction of sp³-hybridized carbons (Fsp3) is 0.907. The summed E-state index contributed by atoms with van der Waals surface area (Å²) in [5, 5.41) is 42.9. The van der Waals surface area contributed by atoms with E-state index in [2.05, 4.69) is 5.32 Å². The van der Waals surface area contributed by atoms with Gasteiger partial charge in [0.15, 0.2) is 5.78 Å². The van der Waals surface area contributed by atoms with Gasteiger partial charge < -0.3 is 58.9 Å². The minimum Gasteiger partial charge on any atom is -0.384 e. The first-order chi connectivity index (χ1) is 27.1. The molecular formula is C43H85F2N7O8. The summed E-state index contributed by atoms with van der Waals surface area (Å²) in [6, 6.07) is -1.54. The van der Waals surface area contributed by atoms with E-state index in [1.54, 1.807) is 14.1 Å². The van der Waals surface area contributed by atoms with Gasteiger partial charge in [-0.1, -0.05) is 91.9 Å². The molecule has 0 aromatic heterocycles. The van der Waals surface area contributed by atoms with Crippen molar-refractivity contribution in [3.05, 3.63) is 0 Å². The maximum atomic E-state index is 12.5. The highest BCUT2D eigenvalue weighted by Crippen LogP contribution is 2.33. The predicted octanol–water partition coefficient (Wildman–Crippen LogP) is 2.46. The van der Waals surface area contributed by atoms with Crippen molar-refractivity contribution in [3.63, 3.8) is 0 Å². The average molecular weight is 866 g/mol. The molecule has 0 aliphatic heterocycles. The number of nitrogens with zero attached hydrogens (tertiary/aromatic N) is 1. The molecule has 0 saturated heterocycles. The van der Waals surface area contributed by atoms with Gasteiger partial charge in [-0.2, -0.15) is 0 Å². The maximum Gasteiger partial charge on any atom is 0.262 e. The van der Waals surface area contributed by atoms with Crippen LogP contribution in [0, 0.1) is 23.7 Å². The quantitative estimate of drug-likeness (QED) is 0.0897. The molecule has 5 rings (SSSR count). The first-order valence-corrected chi connectivity index (χ1v) is 21.5. The zero-order chi connectivity index (χ0) is 43.7. The van der Waals surface area contributed by atoms with E-state index in [0.717, 1.165) is 51.4 Å². The standard InChI is InChI=1S/C11H20F2N2O2.C11H20N2O2.C10H20N2O2.C9H17NO2.2CH4/c1-11(12,13)6-15-10(17)9(16)8(14)5-7-3-2-4-7;12-9(6-7-2-1-3-7)10(14)11(15)13-8-4-5-8;1-12(2)10(14)9(13)8(11)6-7-4-3-5-7;1-6(11)9(12)8(10)5-7-3-2-4-7;;/h7-9,16H,2-6,14H2,1H3,(H,15,17);7-10,14H,1-6,12H2,(H,13,15);7-9,13H,3-6,11H2,1-2H3;7-9,12H,2-5,10H2,1H3;2*1H4. The van der Waals surface area contributed by atoms with E-state index in [0.29, 0.717) is 43.1 Å². The molecule has 17 heteroatoms. The molecule has 3 amide bonds. The Hall–Kier alpha value is -2.38. The molecule has 0 aromatic rings. The highest BCUT2D eigenvalue weighted by Gasteiger charge is 2.33. The molecule has 5 aliphatic carbocycles. The van der Waals surface area contributed by atoms with Crippen molar-refractivity contribution >= 4 is 23.5 Å². The van der Waals surface area contributed by atoms with Gasteiger partial charge in [0.2, 0.25) is 0 Å². The monoisotopic (exact) mass is 866 g/mol. The third kappa shape index (κ3) is 22.1. The Morgan fingerprint density at radius 1 is 0.600 bits per heavy atom. The van der Waals surface area contributed by atoms with Crippen LogP contribution in [0.1, 0.15) is 144 Å². The number of hydrogen-bond donors (Lipinski definition) is 10. The van der Waals surface area contributed by atoms with Gasteiger partial charge in [-0.3, -0.25) is 19.2 Å². The number of carbonyl (C=O) groups is 4. The first kappa shape index (κ1) is 57.6. The summed E-state index contributed by atoms with van der Waals surface area (Å²) in [4.78, 5) is 46.3. The summed E-state index contributed by atoms with van der Waals surface area (Å²) in [7, 11) is 3.25. The van der Waals surface area contributed by atoms with Crippen molar-refractivity contribution in [2.45, 2.75) is 205 Å². The Morgan fingerprint density at radius 3 is 1.18 bits per heavy atom. The molecular weight excluding hydrogens is 781 g/mol. The van der Waals surface area contributed by atoms with Gasteiger partial charge in [-0.05, 0) is 69.1 Å². The van der Waals surface area contributed by atoms with Crippen molar-refractivity contribution in [3.8, 4) is 0 Å². The van der Waals surface area contributed by atoms with Crippen molar-refractivity contribution in [1.82, 2.24) is 15.5 Å². The van der Waals surface area contributed by atoms with Crippen LogP contribution in [0.15, 0.2) is 0 Å². The fourth-order valence-electron chi connectivity index (χ4n) is 6.97. The number of amides is 3. The van der Waals surface area contributed by atoms with Crippen LogP contribution in [0.3, 0.4) is 0 Å². The average Bonchev–Trinajstić information content (AvgIpc) is 3.92. The molecule has 5 aliphatic rings. The minimum absolute atomic E-state index is 0. The Morgan fingerprint density at radius 2 is 0.917 bits per heavy atom. The highest BCUT2D eigenvalue weighted by atomic mass is 19.3. The van der Waals surface area contributed by atoms with Crippen LogP contribution in [0.4, 0.5) is 8.78 Å². The lowest BCUT2D eigenvalue weighted by Crippen LogP contribution is -2.49. The smallest absolute Gasteiger partial charge is 0.262 e. The van der Waals surface area contributed by atoms with Gasteiger partial charge in [0.05, 0.1) is 6.54 Å². The number of carbonyl (C=O) groups excluding carboxylic acids is 4. The van der Waals surface area contributed by atoms with E-state index >= 15 is 0 Å². The number of rotatable bonds is 19. The number of nitrogens with two attached hydrogens (primary N) is 4. The number of aliphatic hydroxyl groups excluding tert-OH is 4. The second-order valence-corrected chi connectivity index (χ2v) is 18.0. The Kier molecular flexibility index (Phi) is 27.2. The van der Waals surface area contributed by atoms with Crippen LogP contribution in [0.2, 0.25) is 0 Å². The van der Waals surface area contributed by atoms with Crippen LogP contribution in [-0.4, -0.2) is 130 Å². The van der Waals surface area contributed by atoms with Gasteiger partial charge in [0.1, 0.15) is 24.4 Å². The second-order valence-electron chi connectivity index (χ2n) is 18.0. The third-order valence-electron chi connectivity index (χ3n) is 12.1. The summed E-state index contributed by atoms with van der Waals surface area (Å²) in [6.45, 7) is 1.30. The van der Waals surface area contributed by atoms with Crippen molar-refractivity contribution < 1.29 is 48.4 Å². The van der Waals surface area contributed by atoms with E-state index in [-0.39, 0.29) is 38.5 Å². The second kappa shape index (κ2) is 28.3. The van der Waals surface area contributed by atoms with E-state index in [4.69, 9.17) is 22.9 Å². The summed E-state index contributed by atoms with van der Waals surface area (Å²) in [5.41, 5.74) is 22.9. The number of Topliss-reactive ketones (excluding diaryl/α,β-unsaturated/α-hetero) is 1. The molecule has 14 N–H and O–H groups in total. The molecule has 5 saturated carbocycles. The number of aliphatic hydroxyl groups is 4. The normalized spacial score (nSPS) is 21.7. The number of hydrogen-bond acceptors (Lipinski definition) is 12. The number of alkyl halides is 2. The van der Waals surface area contributed by atoms with Crippen LogP contribution in [0.25, 0.3) is 0 Å². The largest absolute Gasteiger partial charge is 0.384 e. The van der Waals surface area contributed by atoms with Crippen molar-refractivity contribution in [2.24, 2.45) is 46.6 Å². The molecule has 0 aromatic carbocycles. The van der Waals surface area contributed by atoms with E-state index in [9.17, 15) is 48.4 Å². The van der Waals surface area contributed by atoms with Crippen molar-refractivity contribution in [1.29, 1.82) is 0 Å². The number of nitrogens with one attached hydrogen (secondary N) is 2. The SMILES string of the molecule is C.C.CC(=O)C(O)C(N)CC1CCC1.CC(F)(F)CNC(=O)C(O)C(N)CC1CCC1.CN(C)C(=O)C(O)C(N)CC1CCC1.NC(CC1CCC1)C(O)C(=O)NC1CC1. The summed E-state index contributed by atoms with van der Waals surface area (Å²) in [6.07, 6.45) is 14.8. The minimum atomic E-state index is -2.98. The van der Waals surface area contributed by atoms with E-state index in [1.807, 2.05) is 5.32 Å². The Bertz CT molecular complexity index is 1240. The summed E-state index contributed by atoms with van der Waals surface area (Å²) >= 11 is 0. The van der Waals surface area contributed by atoms with Gasteiger partial charge in [-0.25, -0.2) is 8.78 Å². The molecule has 0 radical (unpaired) electrons. The molecule has 354 valence electrons. The molecule has 0 bridgehead atoms. The lowest BCUT2D eigenvalue weighted by molar-refractivity contribution is -0.139. The molecule has 5 fully saturated rings. The molecule has 8 unspecified atom stereocenters. The lowest BCUT2D eigenvalue weighted by Gasteiger charge is -2.30. The van der Waals surface area contributed by atoms with Crippen molar-refractivity contribution in [2.75, 3.05) is 20.6 Å². The molecule has 60 heavy (non-hydrogen) atoms. The third-order valence-corrected chi connectivity index (χ3v) is 12.1. The van der Waals surface area contributed by atoms with E-state index < -0.39 is 60.9 Å². The topological polar surface area (TPSA) is 281 Å². The molecule has 0 spiro atoms. The van der Waals surface area contributed by atoms with Crippen LogP contribution < -0.4 is 33.6 Å². The summed E-state index contributed by atoms with van der Waals surface area (Å²) in [5.74, 6) is -2.25. The molecule has 8 atom stereocenters. The van der Waals surface area contributed by atoms with Gasteiger partial charge in [-0.15, -0.1) is 0 Å². The Labute approximate surface area is 358 Å². The predicted molar refractivity (Wildman–Crippen MR) is 231 cm³/mol. The van der Waals surface area contributed by atoms with Gasteiger partial charge >= 0.3 is 0 Å². The van der Waals surface area contributed by atoms with Crippen LogP contribution >= 0.6 is 0 Å². The highest BCUT2D eigenvalue weighted by molar-refractivity contribution is 5.82. The zero-order valence-corrected chi connectivity index (χ0v) is 35.4. The molecule has 15 nitrogen and oxygen atoms in total. The van der Waals surface area contributed by atoms with Gasteiger partial charge in [0.25, 0.3) is 23.6 Å².